The van der Waals surface area contributed by atoms with E-state index in [-0.39, 0.29) is 4.90 Å². The Morgan fingerprint density at radius 1 is 0.969 bits per heavy atom. The molecule has 2 heterocycles. The van der Waals surface area contributed by atoms with Gasteiger partial charge in [0.1, 0.15) is 23.7 Å². The molecule has 0 amide bonds. The minimum Gasteiger partial charge on any atom is -0.495 e. The van der Waals surface area contributed by atoms with Crippen molar-refractivity contribution in [2.24, 2.45) is 0 Å². The molecular formula is C21H21N7O3S. The summed E-state index contributed by atoms with van der Waals surface area (Å²) in [6.07, 6.45) is 5.00. The van der Waals surface area contributed by atoms with E-state index in [0.29, 0.717) is 23.1 Å². The van der Waals surface area contributed by atoms with Crippen LogP contribution in [0.4, 0.5) is 23.0 Å². The number of hydrogen-bond acceptors (Lipinski definition) is 8. The molecular weight excluding hydrogens is 430 g/mol. The average Bonchev–Trinajstić information content (AvgIpc) is 3.35. The first-order valence-corrected chi connectivity index (χ1v) is 11.0. The summed E-state index contributed by atoms with van der Waals surface area (Å²) < 4.78 is 33.7. The Bertz CT molecular complexity index is 1310. The number of rotatable bonds is 8. The number of nitrogens with one attached hydrogen (secondary N) is 3. The Labute approximate surface area is 185 Å². The highest BCUT2D eigenvalue weighted by atomic mass is 32.2. The van der Waals surface area contributed by atoms with E-state index in [4.69, 9.17) is 4.74 Å². The van der Waals surface area contributed by atoms with Crippen LogP contribution in [0.25, 0.3) is 5.69 Å². The lowest BCUT2D eigenvalue weighted by atomic mass is 10.2. The molecule has 2 aromatic carbocycles. The number of sulfonamides is 1. The van der Waals surface area contributed by atoms with Gasteiger partial charge < -0.3 is 15.4 Å². The maximum Gasteiger partial charge on any atom is 0.240 e. The number of anilines is 4. The number of hydrogen-bond donors (Lipinski definition) is 3. The third-order valence-electron chi connectivity index (χ3n) is 4.59. The highest BCUT2D eigenvalue weighted by Crippen LogP contribution is 2.30. The normalized spacial score (nSPS) is 11.2. The van der Waals surface area contributed by atoms with E-state index in [1.165, 1.54) is 32.6 Å². The van der Waals surface area contributed by atoms with Crippen molar-refractivity contribution in [1.82, 2.24) is 24.5 Å². The van der Waals surface area contributed by atoms with Gasteiger partial charge in [-0.05, 0) is 55.6 Å². The Balaban J connectivity index is 1.54. The fourth-order valence-electron chi connectivity index (χ4n) is 2.97. The van der Waals surface area contributed by atoms with Crippen LogP contribution >= 0.6 is 0 Å². The van der Waals surface area contributed by atoms with Crippen molar-refractivity contribution in [1.29, 1.82) is 0 Å². The van der Waals surface area contributed by atoms with Crippen molar-refractivity contribution in [3.63, 3.8) is 0 Å². The molecule has 32 heavy (non-hydrogen) atoms. The molecule has 0 aliphatic heterocycles. The van der Waals surface area contributed by atoms with Crippen LogP contribution in [0.2, 0.25) is 0 Å². The van der Waals surface area contributed by atoms with Crippen LogP contribution in [-0.4, -0.2) is 42.3 Å². The SMILES string of the molecule is CNS(=O)(=O)c1ccc(OC)c(Nc2cc(Nc3ccc(-n4cccn4)cc3)ncn2)c1. The van der Waals surface area contributed by atoms with Gasteiger partial charge in [0.15, 0.2) is 0 Å². The van der Waals surface area contributed by atoms with Crippen molar-refractivity contribution in [2.75, 3.05) is 24.8 Å². The van der Waals surface area contributed by atoms with Crippen LogP contribution in [0.15, 0.2) is 78.2 Å². The van der Waals surface area contributed by atoms with Gasteiger partial charge in [0.2, 0.25) is 10.0 Å². The van der Waals surface area contributed by atoms with Gasteiger partial charge in [0.25, 0.3) is 0 Å². The molecule has 0 fully saturated rings. The number of benzene rings is 2. The predicted molar refractivity (Wildman–Crippen MR) is 121 cm³/mol. The van der Waals surface area contributed by atoms with E-state index in [1.807, 2.05) is 36.5 Å². The standard InChI is InChI=1S/C21H21N7O3S/c1-22-32(29,30)17-8-9-19(31-2)18(12-17)27-21-13-20(23-14-24-21)26-15-4-6-16(7-5-15)28-11-3-10-25-28/h3-14,22H,1-2H3,(H2,23,24,26,27). The maximum absolute atomic E-state index is 12.1. The van der Waals surface area contributed by atoms with Crippen LogP contribution in [0.1, 0.15) is 0 Å². The molecule has 0 radical (unpaired) electrons. The largest absolute Gasteiger partial charge is 0.495 e. The molecule has 0 aliphatic rings. The third-order valence-corrected chi connectivity index (χ3v) is 6.00. The van der Waals surface area contributed by atoms with Gasteiger partial charge in [-0.1, -0.05) is 0 Å². The molecule has 0 aliphatic carbocycles. The molecule has 0 spiro atoms. The Hall–Kier alpha value is -3.96. The molecule has 164 valence electrons. The molecule has 4 rings (SSSR count). The summed E-state index contributed by atoms with van der Waals surface area (Å²) >= 11 is 0. The second-order valence-corrected chi connectivity index (χ2v) is 8.49. The van der Waals surface area contributed by atoms with E-state index in [0.717, 1.165) is 11.4 Å². The number of aromatic nitrogens is 4. The summed E-state index contributed by atoms with van der Waals surface area (Å²) in [6, 6.07) is 15.8. The predicted octanol–water partition coefficient (Wildman–Crippen LogP) is 3.07. The lowest BCUT2D eigenvalue weighted by molar-refractivity contribution is 0.416. The lowest BCUT2D eigenvalue weighted by Gasteiger charge is -2.13. The molecule has 0 saturated heterocycles. The van der Waals surface area contributed by atoms with Gasteiger partial charge in [-0.25, -0.2) is 27.8 Å². The van der Waals surface area contributed by atoms with Crippen molar-refractivity contribution in [3.8, 4) is 11.4 Å². The van der Waals surface area contributed by atoms with Gasteiger partial charge in [-0.3, -0.25) is 0 Å². The summed E-state index contributed by atoms with van der Waals surface area (Å²) in [4.78, 5) is 8.57. The topological polar surface area (TPSA) is 123 Å². The minimum absolute atomic E-state index is 0.105. The van der Waals surface area contributed by atoms with E-state index < -0.39 is 10.0 Å². The summed E-state index contributed by atoms with van der Waals surface area (Å²) in [5, 5.41) is 10.5. The monoisotopic (exact) mass is 451 g/mol. The summed E-state index contributed by atoms with van der Waals surface area (Å²) in [5.41, 5.74) is 2.23. The van der Waals surface area contributed by atoms with E-state index in [2.05, 4.69) is 30.4 Å². The Kier molecular flexibility index (Phi) is 6.01. The first-order valence-electron chi connectivity index (χ1n) is 9.56. The van der Waals surface area contributed by atoms with Gasteiger partial charge >= 0.3 is 0 Å². The zero-order valence-corrected chi connectivity index (χ0v) is 18.2. The van der Waals surface area contributed by atoms with Gasteiger partial charge in [0, 0.05) is 24.1 Å². The summed E-state index contributed by atoms with van der Waals surface area (Å²) in [6.45, 7) is 0. The van der Waals surface area contributed by atoms with Crippen LogP contribution < -0.4 is 20.1 Å². The highest BCUT2D eigenvalue weighted by molar-refractivity contribution is 7.89. The fourth-order valence-corrected chi connectivity index (χ4v) is 3.72. The van der Waals surface area contributed by atoms with Crippen molar-refractivity contribution >= 4 is 33.0 Å². The minimum atomic E-state index is -3.60. The van der Waals surface area contributed by atoms with Crippen LogP contribution in [0, 0.1) is 0 Å². The molecule has 3 N–H and O–H groups in total. The fraction of sp³-hybridized carbons (Fsp3) is 0.0952. The van der Waals surface area contributed by atoms with Crippen LogP contribution in [0.5, 0.6) is 5.75 Å². The molecule has 0 unspecified atom stereocenters. The number of ether oxygens (including phenoxy) is 1. The van der Waals surface area contributed by atoms with E-state index in [1.54, 1.807) is 23.0 Å². The summed E-state index contributed by atoms with van der Waals surface area (Å²) in [7, 11) is -0.739. The first-order chi connectivity index (χ1) is 15.5. The molecule has 4 aromatic rings. The average molecular weight is 452 g/mol. The Morgan fingerprint density at radius 2 is 1.72 bits per heavy atom. The molecule has 0 atom stereocenters. The van der Waals surface area contributed by atoms with Gasteiger partial charge in [-0.2, -0.15) is 5.10 Å². The maximum atomic E-state index is 12.1. The third kappa shape index (κ3) is 4.68. The number of methoxy groups -OCH3 is 1. The first kappa shape index (κ1) is 21.3. The number of nitrogens with zero attached hydrogens (tertiary/aromatic N) is 4. The molecule has 10 nitrogen and oxygen atoms in total. The molecule has 11 heteroatoms. The molecule has 2 aromatic heterocycles. The smallest absolute Gasteiger partial charge is 0.240 e. The zero-order chi connectivity index (χ0) is 22.6. The van der Waals surface area contributed by atoms with E-state index >= 15 is 0 Å². The molecule has 0 bridgehead atoms. The van der Waals surface area contributed by atoms with E-state index in [9.17, 15) is 8.42 Å². The van der Waals surface area contributed by atoms with Gasteiger partial charge in [0.05, 0.1) is 23.4 Å². The molecule has 0 saturated carbocycles. The summed E-state index contributed by atoms with van der Waals surface area (Å²) in [5.74, 6) is 1.50. The highest BCUT2D eigenvalue weighted by Gasteiger charge is 2.15. The quantitative estimate of drug-likeness (QED) is 0.374. The van der Waals surface area contributed by atoms with Crippen molar-refractivity contribution in [3.05, 3.63) is 73.3 Å². The van der Waals surface area contributed by atoms with Crippen LogP contribution in [0.3, 0.4) is 0 Å². The second kappa shape index (κ2) is 9.04. The lowest BCUT2D eigenvalue weighted by Crippen LogP contribution is -2.18. The van der Waals surface area contributed by atoms with Crippen molar-refractivity contribution < 1.29 is 13.2 Å². The zero-order valence-electron chi connectivity index (χ0n) is 17.4. The Morgan fingerprint density at radius 3 is 2.38 bits per heavy atom. The van der Waals surface area contributed by atoms with Crippen LogP contribution in [-0.2, 0) is 10.0 Å². The van der Waals surface area contributed by atoms with Gasteiger partial charge in [-0.15, -0.1) is 0 Å². The second-order valence-electron chi connectivity index (χ2n) is 6.61. The van der Waals surface area contributed by atoms with Crippen molar-refractivity contribution in [2.45, 2.75) is 4.90 Å².